The molecule has 0 aromatic heterocycles. The number of hydrogen-bond donors (Lipinski definition) is 0. The van der Waals surface area contributed by atoms with Crippen LogP contribution in [0.1, 0.15) is 24.5 Å². The van der Waals surface area contributed by atoms with Gasteiger partial charge in [0.25, 0.3) is 5.91 Å². The van der Waals surface area contributed by atoms with Crippen molar-refractivity contribution < 1.29 is 9.59 Å². The van der Waals surface area contributed by atoms with E-state index in [9.17, 15) is 9.59 Å². The van der Waals surface area contributed by atoms with E-state index in [0.717, 1.165) is 17.5 Å². The van der Waals surface area contributed by atoms with Gasteiger partial charge >= 0.3 is 0 Å². The SMILES string of the molecule is CCc1cccc(C)c1N1C(=O)C[C@H](Cl)C1=O. The molecule has 1 aliphatic rings. The number of para-hydroxylation sites is 1. The Hall–Kier alpha value is -1.35. The van der Waals surface area contributed by atoms with Crippen molar-refractivity contribution in [1.29, 1.82) is 0 Å². The molecule has 1 heterocycles. The maximum absolute atomic E-state index is 11.9. The number of alkyl halides is 1. The van der Waals surface area contributed by atoms with E-state index in [2.05, 4.69) is 0 Å². The van der Waals surface area contributed by atoms with Crippen molar-refractivity contribution in [2.24, 2.45) is 0 Å². The van der Waals surface area contributed by atoms with Gasteiger partial charge in [0, 0.05) is 0 Å². The summed E-state index contributed by atoms with van der Waals surface area (Å²) < 4.78 is 0. The van der Waals surface area contributed by atoms with Crippen LogP contribution in [0.15, 0.2) is 18.2 Å². The molecule has 1 aliphatic heterocycles. The molecule has 4 heteroatoms. The number of anilines is 1. The van der Waals surface area contributed by atoms with Gasteiger partial charge in [0.15, 0.2) is 0 Å². The lowest BCUT2D eigenvalue weighted by molar-refractivity contribution is -0.121. The van der Waals surface area contributed by atoms with Crippen LogP contribution in [0.4, 0.5) is 5.69 Å². The maximum Gasteiger partial charge on any atom is 0.252 e. The molecular weight excluding hydrogens is 238 g/mol. The number of rotatable bonds is 2. The van der Waals surface area contributed by atoms with E-state index in [-0.39, 0.29) is 18.2 Å². The Kier molecular flexibility index (Phi) is 3.20. The Morgan fingerprint density at radius 2 is 2.12 bits per heavy atom. The predicted molar refractivity (Wildman–Crippen MR) is 67.3 cm³/mol. The minimum absolute atomic E-state index is 0.0951. The minimum atomic E-state index is -0.716. The lowest BCUT2D eigenvalue weighted by atomic mass is 10.0. The average Bonchev–Trinajstić information content (AvgIpc) is 2.54. The van der Waals surface area contributed by atoms with Gasteiger partial charge in [-0.25, -0.2) is 4.90 Å². The third-order valence-electron chi connectivity index (χ3n) is 3.02. The molecule has 0 saturated carbocycles. The highest BCUT2D eigenvalue weighted by Crippen LogP contribution is 2.31. The molecule has 1 aromatic carbocycles. The van der Waals surface area contributed by atoms with Gasteiger partial charge in [0.05, 0.1) is 12.1 Å². The Labute approximate surface area is 105 Å². The molecule has 0 aliphatic carbocycles. The van der Waals surface area contributed by atoms with Crippen molar-refractivity contribution in [1.82, 2.24) is 0 Å². The first kappa shape index (κ1) is 12.1. The van der Waals surface area contributed by atoms with E-state index in [0.29, 0.717) is 5.69 Å². The highest BCUT2D eigenvalue weighted by atomic mass is 35.5. The quantitative estimate of drug-likeness (QED) is 0.598. The largest absolute Gasteiger partial charge is 0.274 e. The number of carbonyl (C=O) groups excluding carboxylic acids is 2. The van der Waals surface area contributed by atoms with Crippen molar-refractivity contribution in [3.63, 3.8) is 0 Å². The van der Waals surface area contributed by atoms with Crippen molar-refractivity contribution in [3.05, 3.63) is 29.3 Å². The van der Waals surface area contributed by atoms with Crippen molar-refractivity contribution >= 4 is 29.1 Å². The molecule has 2 amide bonds. The van der Waals surface area contributed by atoms with Crippen molar-refractivity contribution in [2.45, 2.75) is 32.1 Å². The second-order valence-electron chi connectivity index (χ2n) is 4.18. The number of halogens is 1. The van der Waals surface area contributed by atoms with Gasteiger partial charge < -0.3 is 0 Å². The summed E-state index contributed by atoms with van der Waals surface area (Å²) in [5.41, 5.74) is 2.64. The standard InChI is InChI=1S/C13H14ClNO2/c1-3-9-6-4-5-8(2)12(9)15-11(16)7-10(14)13(15)17/h4-6,10H,3,7H2,1-2H3/t10-/m0/s1. The molecule has 0 bridgehead atoms. The summed E-state index contributed by atoms with van der Waals surface area (Å²) in [4.78, 5) is 25.0. The van der Waals surface area contributed by atoms with Gasteiger partial charge in [0.2, 0.25) is 5.91 Å². The first-order valence-electron chi connectivity index (χ1n) is 5.65. The molecule has 0 radical (unpaired) electrons. The first-order valence-corrected chi connectivity index (χ1v) is 6.09. The van der Waals surface area contributed by atoms with Crippen LogP contribution in [-0.2, 0) is 16.0 Å². The first-order chi connectivity index (χ1) is 8.06. The zero-order valence-corrected chi connectivity index (χ0v) is 10.6. The number of amides is 2. The predicted octanol–water partition coefficient (Wildman–Crippen LogP) is 2.43. The fourth-order valence-corrected chi connectivity index (χ4v) is 2.38. The Balaban J connectivity index is 2.54. The molecule has 2 rings (SSSR count). The number of imide groups is 1. The summed E-state index contributed by atoms with van der Waals surface area (Å²) >= 11 is 5.84. The second kappa shape index (κ2) is 4.49. The Bertz CT molecular complexity index is 484. The zero-order chi connectivity index (χ0) is 12.6. The third kappa shape index (κ3) is 1.95. The average molecular weight is 252 g/mol. The molecular formula is C13H14ClNO2. The van der Waals surface area contributed by atoms with E-state index >= 15 is 0 Å². The van der Waals surface area contributed by atoms with Crippen LogP contribution in [0, 0.1) is 6.92 Å². The molecule has 3 nitrogen and oxygen atoms in total. The van der Waals surface area contributed by atoms with Crippen LogP contribution in [-0.4, -0.2) is 17.2 Å². The van der Waals surface area contributed by atoms with E-state index in [1.165, 1.54) is 4.90 Å². The van der Waals surface area contributed by atoms with Gasteiger partial charge in [-0.3, -0.25) is 9.59 Å². The zero-order valence-electron chi connectivity index (χ0n) is 9.87. The Morgan fingerprint density at radius 3 is 2.65 bits per heavy atom. The number of carbonyl (C=O) groups is 2. The van der Waals surface area contributed by atoms with E-state index < -0.39 is 5.38 Å². The highest BCUT2D eigenvalue weighted by Gasteiger charge is 2.39. The topological polar surface area (TPSA) is 37.4 Å². The molecule has 1 aromatic rings. The van der Waals surface area contributed by atoms with Gasteiger partial charge in [-0.2, -0.15) is 0 Å². The molecule has 0 N–H and O–H groups in total. The van der Waals surface area contributed by atoms with Gasteiger partial charge in [0.1, 0.15) is 5.38 Å². The van der Waals surface area contributed by atoms with Crippen molar-refractivity contribution in [3.8, 4) is 0 Å². The van der Waals surface area contributed by atoms with E-state index in [4.69, 9.17) is 11.6 Å². The van der Waals surface area contributed by atoms with E-state index in [1.807, 2.05) is 32.0 Å². The number of hydrogen-bond acceptors (Lipinski definition) is 2. The summed E-state index contributed by atoms with van der Waals surface area (Å²) in [6.07, 6.45) is 0.874. The van der Waals surface area contributed by atoms with E-state index in [1.54, 1.807) is 0 Å². The smallest absolute Gasteiger partial charge is 0.252 e. The van der Waals surface area contributed by atoms with Crippen LogP contribution in [0.5, 0.6) is 0 Å². The number of nitrogens with zero attached hydrogens (tertiary/aromatic N) is 1. The van der Waals surface area contributed by atoms with Gasteiger partial charge in [-0.05, 0) is 24.5 Å². The molecule has 90 valence electrons. The summed E-state index contributed by atoms with van der Waals surface area (Å²) in [6.45, 7) is 3.90. The highest BCUT2D eigenvalue weighted by molar-refractivity contribution is 6.41. The fraction of sp³-hybridized carbons (Fsp3) is 0.385. The van der Waals surface area contributed by atoms with Crippen LogP contribution in [0.3, 0.4) is 0 Å². The molecule has 17 heavy (non-hydrogen) atoms. The second-order valence-corrected chi connectivity index (χ2v) is 4.70. The summed E-state index contributed by atoms with van der Waals surface area (Å²) in [7, 11) is 0. The summed E-state index contributed by atoms with van der Waals surface area (Å²) in [6, 6.07) is 5.77. The molecule has 1 fully saturated rings. The van der Waals surface area contributed by atoms with Crippen LogP contribution in [0.2, 0.25) is 0 Å². The lowest BCUT2D eigenvalue weighted by Gasteiger charge is -2.20. The molecule has 0 unspecified atom stereocenters. The van der Waals surface area contributed by atoms with Crippen LogP contribution >= 0.6 is 11.6 Å². The number of benzene rings is 1. The number of aryl methyl sites for hydroxylation is 2. The summed E-state index contributed by atoms with van der Waals surface area (Å²) in [5.74, 6) is -0.514. The fourth-order valence-electron chi connectivity index (χ4n) is 2.15. The molecule has 0 spiro atoms. The monoisotopic (exact) mass is 251 g/mol. The molecule has 1 saturated heterocycles. The summed E-state index contributed by atoms with van der Waals surface area (Å²) in [5, 5.41) is -0.716. The maximum atomic E-state index is 11.9. The minimum Gasteiger partial charge on any atom is -0.274 e. The van der Waals surface area contributed by atoms with Crippen LogP contribution in [0.25, 0.3) is 0 Å². The third-order valence-corrected chi connectivity index (χ3v) is 3.36. The Morgan fingerprint density at radius 1 is 1.41 bits per heavy atom. The van der Waals surface area contributed by atoms with Gasteiger partial charge in [-0.15, -0.1) is 11.6 Å². The van der Waals surface area contributed by atoms with Crippen LogP contribution < -0.4 is 4.90 Å². The van der Waals surface area contributed by atoms with Gasteiger partial charge in [-0.1, -0.05) is 25.1 Å². The molecule has 1 atom stereocenters. The lowest BCUT2D eigenvalue weighted by Crippen LogP contribution is -2.32. The van der Waals surface area contributed by atoms with Crippen molar-refractivity contribution in [2.75, 3.05) is 4.90 Å². The normalized spacial score (nSPS) is 20.2.